The fourth-order valence-electron chi connectivity index (χ4n) is 4.24. The average Bonchev–Trinajstić information content (AvgIpc) is 3.14. The molecule has 0 aromatic rings. The molecule has 7 heteroatoms. The number of ketones is 1. The van der Waals surface area contributed by atoms with Crippen LogP contribution >= 0.6 is 0 Å². The molecule has 1 aliphatic carbocycles. The highest BCUT2D eigenvalue weighted by Gasteiger charge is 2.50. The van der Waals surface area contributed by atoms with Crippen LogP contribution in [0.4, 0.5) is 8.78 Å². The summed E-state index contributed by atoms with van der Waals surface area (Å²) in [5.74, 6) is -5.19. The topological polar surface area (TPSA) is 61.8 Å². The van der Waals surface area contributed by atoms with Crippen LogP contribution in [0, 0.1) is 17.8 Å². The molecule has 2 aliphatic heterocycles. The highest BCUT2D eigenvalue weighted by Crippen LogP contribution is 2.44. The molecule has 2 saturated heterocycles. The predicted octanol–water partition coefficient (Wildman–Crippen LogP) is 4.05. The number of hydrogen-bond acceptors (Lipinski definition) is 5. The molecule has 3 aliphatic rings. The quantitative estimate of drug-likeness (QED) is 0.454. The number of carbonyl (C=O) groups is 2. The molecule has 0 N–H and O–H groups in total. The van der Waals surface area contributed by atoms with Crippen LogP contribution in [-0.4, -0.2) is 42.8 Å². The molecule has 5 atom stereocenters. The van der Waals surface area contributed by atoms with Crippen molar-refractivity contribution in [3.63, 3.8) is 0 Å². The fourth-order valence-corrected chi connectivity index (χ4v) is 4.24. The van der Waals surface area contributed by atoms with E-state index in [9.17, 15) is 18.4 Å². The van der Waals surface area contributed by atoms with Crippen LogP contribution in [0.5, 0.6) is 0 Å². The lowest BCUT2D eigenvalue weighted by Gasteiger charge is -2.28. The van der Waals surface area contributed by atoms with Crippen LogP contribution in [0.25, 0.3) is 0 Å². The number of hydrogen-bond donors (Lipinski definition) is 0. The SMILES string of the molecule is CC(C)CCC(F)(F)C(=O)/C=C/[C@@H]1[C@H]2CC(=O)O[C@H]2C[C@H]1OC1CCCCO1. The third-order valence-corrected chi connectivity index (χ3v) is 5.88. The van der Waals surface area contributed by atoms with Gasteiger partial charge in [-0.1, -0.05) is 19.9 Å². The number of carbonyl (C=O) groups excluding carboxylic acids is 2. The molecular formula is C21H30F2O5. The molecule has 0 spiro atoms. The van der Waals surface area contributed by atoms with Crippen LogP contribution < -0.4 is 0 Å². The van der Waals surface area contributed by atoms with Crippen LogP contribution in [-0.2, 0) is 23.8 Å². The van der Waals surface area contributed by atoms with Crippen molar-refractivity contribution in [1.82, 2.24) is 0 Å². The molecule has 158 valence electrons. The summed E-state index contributed by atoms with van der Waals surface area (Å²) in [5, 5.41) is 0. The summed E-state index contributed by atoms with van der Waals surface area (Å²) in [6.07, 6.45) is 4.92. The molecule has 1 unspecified atom stereocenters. The smallest absolute Gasteiger partial charge is 0.309 e. The van der Waals surface area contributed by atoms with Gasteiger partial charge < -0.3 is 14.2 Å². The summed E-state index contributed by atoms with van der Waals surface area (Å²) < 4.78 is 45.3. The molecule has 2 heterocycles. The monoisotopic (exact) mass is 400 g/mol. The van der Waals surface area contributed by atoms with Gasteiger partial charge in [0.1, 0.15) is 6.10 Å². The molecular weight excluding hydrogens is 370 g/mol. The summed E-state index contributed by atoms with van der Waals surface area (Å²) in [7, 11) is 0. The van der Waals surface area contributed by atoms with Gasteiger partial charge in [0.05, 0.1) is 12.5 Å². The molecule has 0 bridgehead atoms. The van der Waals surface area contributed by atoms with Gasteiger partial charge in [0.2, 0.25) is 5.78 Å². The number of ether oxygens (including phenoxy) is 3. The van der Waals surface area contributed by atoms with Crippen molar-refractivity contribution in [3.05, 3.63) is 12.2 Å². The first-order chi connectivity index (χ1) is 13.3. The van der Waals surface area contributed by atoms with E-state index in [1.54, 1.807) is 0 Å². The van der Waals surface area contributed by atoms with E-state index in [0.29, 0.717) is 13.0 Å². The lowest BCUT2D eigenvalue weighted by molar-refractivity contribution is -0.194. The van der Waals surface area contributed by atoms with Gasteiger partial charge in [-0.05, 0) is 37.7 Å². The van der Waals surface area contributed by atoms with E-state index >= 15 is 0 Å². The summed E-state index contributed by atoms with van der Waals surface area (Å²) in [6.45, 7) is 4.34. The van der Waals surface area contributed by atoms with E-state index in [1.807, 2.05) is 13.8 Å². The zero-order chi connectivity index (χ0) is 20.3. The van der Waals surface area contributed by atoms with E-state index < -0.39 is 18.1 Å². The summed E-state index contributed by atoms with van der Waals surface area (Å²) in [6, 6.07) is 0. The van der Waals surface area contributed by atoms with Crippen LogP contribution in [0.3, 0.4) is 0 Å². The number of esters is 1. The first-order valence-electron chi connectivity index (χ1n) is 10.3. The van der Waals surface area contributed by atoms with Gasteiger partial charge in [-0.2, -0.15) is 8.78 Å². The standard InChI is InChI=1S/C21H30F2O5/c1-13(2)8-9-21(22,23)18(24)7-6-14-15-11-19(25)27-17(15)12-16(14)28-20-5-3-4-10-26-20/h6-7,13-17,20H,3-5,8-12H2,1-2H3/b7-6+/t14-,15-,16-,17+,20?/m1/s1. The molecule has 28 heavy (non-hydrogen) atoms. The Morgan fingerprint density at radius 3 is 2.82 bits per heavy atom. The van der Waals surface area contributed by atoms with Gasteiger partial charge in [-0.3, -0.25) is 9.59 Å². The van der Waals surface area contributed by atoms with Crippen molar-refractivity contribution in [3.8, 4) is 0 Å². The highest BCUT2D eigenvalue weighted by molar-refractivity contribution is 5.95. The van der Waals surface area contributed by atoms with Crippen molar-refractivity contribution in [2.24, 2.45) is 17.8 Å². The van der Waals surface area contributed by atoms with Crippen LogP contribution in [0.15, 0.2) is 12.2 Å². The van der Waals surface area contributed by atoms with E-state index in [1.165, 1.54) is 6.08 Å². The van der Waals surface area contributed by atoms with Crippen molar-refractivity contribution < 1.29 is 32.6 Å². The van der Waals surface area contributed by atoms with E-state index in [4.69, 9.17) is 14.2 Å². The Morgan fingerprint density at radius 2 is 2.14 bits per heavy atom. The molecule has 0 aromatic heterocycles. The zero-order valence-corrected chi connectivity index (χ0v) is 16.6. The Hall–Kier alpha value is -1.34. The second-order valence-electron chi connectivity index (χ2n) is 8.54. The molecule has 0 aromatic carbocycles. The first-order valence-corrected chi connectivity index (χ1v) is 10.3. The predicted molar refractivity (Wildman–Crippen MR) is 97.7 cm³/mol. The van der Waals surface area contributed by atoms with E-state index in [2.05, 4.69) is 0 Å². The maximum absolute atomic E-state index is 14.1. The van der Waals surface area contributed by atoms with Crippen molar-refractivity contribution >= 4 is 11.8 Å². The van der Waals surface area contributed by atoms with E-state index in [0.717, 1.165) is 25.3 Å². The van der Waals surface area contributed by atoms with E-state index in [-0.39, 0.29) is 55.1 Å². The van der Waals surface area contributed by atoms with Crippen molar-refractivity contribution in [1.29, 1.82) is 0 Å². The number of halogens is 2. The number of alkyl halides is 2. The highest BCUT2D eigenvalue weighted by atomic mass is 19.3. The largest absolute Gasteiger partial charge is 0.462 e. The first kappa shape index (κ1) is 21.4. The Bertz CT molecular complexity index is 598. The Labute approximate surface area is 164 Å². The van der Waals surface area contributed by atoms with Gasteiger partial charge >= 0.3 is 11.9 Å². The van der Waals surface area contributed by atoms with Crippen LogP contribution in [0.2, 0.25) is 0 Å². The minimum Gasteiger partial charge on any atom is -0.462 e. The van der Waals surface area contributed by atoms with Gasteiger partial charge in [0, 0.05) is 31.3 Å². The molecule has 0 amide bonds. The zero-order valence-electron chi connectivity index (χ0n) is 16.6. The van der Waals surface area contributed by atoms with Gasteiger partial charge in [-0.15, -0.1) is 0 Å². The van der Waals surface area contributed by atoms with Gasteiger partial charge in [-0.25, -0.2) is 0 Å². The second kappa shape index (κ2) is 8.99. The maximum atomic E-state index is 14.1. The fraction of sp³-hybridized carbons (Fsp3) is 0.810. The number of rotatable bonds is 8. The summed E-state index contributed by atoms with van der Waals surface area (Å²) >= 11 is 0. The van der Waals surface area contributed by atoms with Gasteiger partial charge in [0.25, 0.3) is 0 Å². The Balaban J connectivity index is 1.66. The minimum atomic E-state index is -3.37. The second-order valence-corrected chi connectivity index (χ2v) is 8.54. The van der Waals surface area contributed by atoms with Crippen molar-refractivity contribution in [2.45, 2.75) is 83.2 Å². The maximum Gasteiger partial charge on any atom is 0.309 e. The normalized spacial score (nSPS) is 33.5. The average molecular weight is 400 g/mol. The number of fused-ring (bicyclic) bond motifs is 1. The summed E-state index contributed by atoms with van der Waals surface area (Å²) in [5.41, 5.74) is 0. The molecule has 1 saturated carbocycles. The third-order valence-electron chi connectivity index (χ3n) is 5.88. The molecule has 3 rings (SSSR count). The molecule has 3 fully saturated rings. The van der Waals surface area contributed by atoms with Gasteiger partial charge in [0.15, 0.2) is 6.29 Å². The minimum absolute atomic E-state index is 0.105. The lowest BCUT2D eigenvalue weighted by Crippen LogP contribution is -2.31. The number of allylic oxidation sites excluding steroid dienone is 1. The Morgan fingerprint density at radius 1 is 1.36 bits per heavy atom. The Kier molecular flexibility index (Phi) is 6.86. The third kappa shape index (κ3) is 5.17. The lowest BCUT2D eigenvalue weighted by atomic mass is 9.91. The molecule has 5 nitrogen and oxygen atoms in total. The van der Waals surface area contributed by atoms with Crippen LogP contribution in [0.1, 0.15) is 58.8 Å². The molecule has 0 radical (unpaired) electrons. The summed E-state index contributed by atoms with van der Waals surface area (Å²) in [4.78, 5) is 23.7. The van der Waals surface area contributed by atoms with Crippen molar-refractivity contribution in [2.75, 3.05) is 6.61 Å².